The summed E-state index contributed by atoms with van der Waals surface area (Å²) >= 11 is 6.75. The largest absolute Gasteiger partial charge is 0.487 e. The van der Waals surface area contributed by atoms with E-state index in [1.165, 1.54) is 51.4 Å². The molecular weight excluding hydrogens is 849 g/mol. The average Bonchev–Trinajstić information content (AvgIpc) is 2.89. The molecule has 3 unspecified atom stereocenters. The lowest BCUT2D eigenvalue weighted by Gasteiger charge is -2.37. The number of benzene rings is 2. The fourth-order valence-electron chi connectivity index (χ4n) is 5.90. The molecule has 0 aliphatic carbocycles. The lowest BCUT2D eigenvalue weighted by Crippen LogP contribution is -2.36. The number of ether oxygens (including phenoxy) is 2. The SMILES string of the molecule is Cc1c(OC(=O)c2cc(I)cc(I)c2I)cc2c(c1C)OC(C)(CCCC(C)CCCC(C)CCCC(C)C)CC2. The smallest absolute Gasteiger partial charge is 0.344 e. The summed E-state index contributed by atoms with van der Waals surface area (Å²) in [6, 6.07) is 6.01. The average molecular weight is 898 g/mol. The van der Waals surface area contributed by atoms with Crippen molar-refractivity contribution >= 4 is 73.7 Å². The fourth-order valence-corrected chi connectivity index (χ4v) is 8.27. The van der Waals surface area contributed by atoms with Crippen molar-refractivity contribution in [3.8, 4) is 11.5 Å². The van der Waals surface area contributed by atoms with Crippen LogP contribution < -0.4 is 9.47 Å². The van der Waals surface area contributed by atoms with Crippen LogP contribution in [0.25, 0.3) is 0 Å². The monoisotopic (exact) mass is 898 g/mol. The number of aryl methyl sites for hydroxylation is 1. The molecule has 6 heteroatoms. The summed E-state index contributed by atoms with van der Waals surface area (Å²) < 4.78 is 15.7. The normalized spacial score (nSPS) is 18.1. The van der Waals surface area contributed by atoms with Gasteiger partial charge in [-0.25, -0.2) is 4.79 Å². The van der Waals surface area contributed by atoms with Gasteiger partial charge in [0.25, 0.3) is 0 Å². The minimum Gasteiger partial charge on any atom is -0.487 e. The van der Waals surface area contributed by atoms with Crippen molar-refractivity contribution in [1.82, 2.24) is 0 Å². The lowest BCUT2D eigenvalue weighted by molar-refractivity contribution is 0.0511. The van der Waals surface area contributed by atoms with Gasteiger partial charge in [0.1, 0.15) is 17.1 Å². The van der Waals surface area contributed by atoms with Crippen molar-refractivity contribution in [3.05, 3.63) is 51.2 Å². The first-order valence-electron chi connectivity index (χ1n) is 15.5. The van der Waals surface area contributed by atoms with E-state index >= 15 is 0 Å². The first kappa shape index (κ1) is 35.4. The number of fused-ring (bicyclic) bond motifs is 1. The highest BCUT2D eigenvalue weighted by Crippen LogP contribution is 2.42. The van der Waals surface area contributed by atoms with Crippen LogP contribution in [0.5, 0.6) is 11.5 Å². The van der Waals surface area contributed by atoms with Crippen LogP contribution in [0.15, 0.2) is 18.2 Å². The highest BCUT2D eigenvalue weighted by Gasteiger charge is 2.33. The quantitative estimate of drug-likeness (QED) is 0.0820. The second kappa shape index (κ2) is 16.3. The number of halogens is 3. The van der Waals surface area contributed by atoms with E-state index in [-0.39, 0.29) is 11.6 Å². The summed E-state index contributed by atoms with van der Waals surface area (Å²) in [5.41, 5.74) is 3.69. The Balaban J connectivity index is 1.52. The first-order valence-corrected chi connectivity index (χ1v) is 18.7. The minimum atomic E-state index is -0.301. The summed E-state index contributed by atoms with van der Waals surface area (Å²) in [4.78, 5) is 13.1. The van der Waals surface area contributed by atoms with Crippen molar-refractivity contribution < 1.29 is 14.3 Å². The zero-order chi connectivity index (χ0) is 30.3. The van der Waals surface area contributed by atoms with E-state index in [9.17, 15) is 4.79 Å². The van der Waals surface area contributed by atoms with E-state index in [1.807, 2.05) is 19.1 Å². The molecule has 1 aliphatic heterocycles. The van der Waals surface area contributed by atoms with E-state index in [0.29, 0.717) is 11.3 Å². The van der Waals surface area contributed by atoms with Crippen LogP contribution >= 0.6 is 67.8 Å². The van der Waals surface area contributed by atoms with Crippen LogP contribution in [-0.2, 0) is 6.42 Å². The van der Waals surface area contributed by atoms with Gasteiger partial charge in [0.05, 0.1) is 5.56 Å². The van der Waals surface area contributed by atoms with Crippen molar-refractivity contribution in [2.24, 2.45) is 17.8 Å². The topological polar surface area (TPSA) is 35.5 Å². The van der Waals surface area contributed by atoms with Gasteiger partial charge >= 0.3 is 5.97 Å². The van der Waals surface area contributed by atoms with Gasteiger partial charge in [-0.15, -0.1) is 0 Å². The molecular formula is C35H49I3O3. The molecule has 0 amide bonds. The maximum Gasteiger partial charge on any atom is 0.344 e. The number of rotatable bonds is 14. The predicted molar refractivity (Wildman–Crippen MR) is 198 cm³/mol. The fraction of sp³-hybridized carbons (Fsp3) is 0.629. The molecule has 3 nitrogen and oxygen atoms in total. The van der Waals surface area contributed by atoms with Gasteiger partial charge in [0.2, 0.25) is 0 Å². The van der Waals surface area contributed by atoms with Crippen LogP contribution in [-0.4, -0.2) is 11.6 Å². The Morgan fingerprint density at radius 3 is 2.15 bits per heavy atom. The lowest BCUT2D eigenvalue weighted by atomic mass is 9.85. The molecule has 0 saturated heterocycles. The van der Waals surface area contributed by atoms with Crippen LogP contribution in [0, 0.1) is 42.3 Å². The van der Waals surface area contributed by atoms with Gasteiger partial charge in [0, 0.05) is 10.7 Å². The van der Waals surface area contributed by atoms with Crippen LogP contribution in [0.2, 0.25) is 0 Å². The molecule has 0 bridgehead atoms. The van der Waals surface area contributed by atoms with Crippen molar-refractivity contribution in [2.75, 3.05) is 0 Å². The predicted octanol–water partition coefficient (Wildman–Crippen LogP) is 11.9. The molecule has 0 aromatic heterocycles. The minimum absolute atomic E-state index is 0.138. The Kier molecular flexibility index (Phi) is 14.0. The Hall–Kier alpha value is -0.100. The van der Waals surface area contributed by atoms with Gasteiger partial charge in [-0.05, 0) is 167 Å². The molecule has 1 heterocycles. The van der Waals surface area contributed by atoms with E-state index in [2.05, 4.69) is 115 Å². The molecule has 0 saturated carbocycles. The third-order valence-electron chi connectivity index (χ3n) is 8.83. The molecule has 228 valence electrons. The number of hydrogen-bond donors (Lipinski definition) is 0. The van der Waals surface area contributed by atoms with Crippen LogP contribution in [0.1, 0.15) is 126 Å². The Morgan fingerprint density at radius 2 is 1.51 bits per heavy atom. The molecule has 2 aromatic carbocycles. The number of carbonyl (C=O) groups is 1. The summed E-state index contributed by atoms with van der Waals surface area (Å²) in [6.07, 6.45) is 13.7. The van der Waals surface area contributed by atoms with Crippen molar-refractivity contribution in [2.45, 2.75) is 125 Å². The van der Waals surface area contributed by atoms with E-state index in [4.69, 9.17) is 9.47 Å². The van der Waals surface area contributed by atoms with Crippen molar-refractivity contribution in [1.29, 1.82) is 0 Å². The Morgan fingerprint density at radius 1 is 0.902 bits per heavy atom. The van der Waals surface area contributed by atoms with E-state index in [1.54, 1.807) is 0 Å². The van der Waals surface area contributed by atoms with Gasteiger partial charge in [0.15, 0.2) is 0 Å². The van der Waals surface area contributed by atoms with Gasteiger partial charge in [-0.3, -0.25) is 0 Å². The molecule has 3 rings (SSSR count). The molecule has 0 N–H and O–H groups in total. The molecule has 3 atom stereocenters. The molecule has 0 spiro atoms. The maximum absolute atomic E-state index is 13.1. The molecule has 2 aromatic rings. The maximum atomic E-state index is 13.1. The number of carbonyl (C=O) groups excluding carboxylic acids is 1. The standard InChI is InChI=1S/C35H49I3O3/c1-22(2)11-8-12-23(3)13-9-14-24(4)15-10-17-35(7)18-16-27-19-31(25(5)26(6)33(27)41-35)40-34(39)29-20-28(36)21-30(37)32(29)38/h19-24H,8-18H2,1-7H3. The summed E-state index contributed by atoms with van der Waals surface area (Å²) in [5.74, 6) is 3.81. The second-order valence-electron chi connectivity index (χ2n) is 13.2. The molecule has 41 heavy (non-hydrogen) atoms. The molecule has 1 aliphatic rings. The zero-order valence-corrected chi connectivity index (χ0v) is 32.6. The highest BCUT2D eigenvalue weighted by molar-refractivity contribution is 14.1. The highest BCUT2D eigenvalue weighted by atomic mass is 127. The zero-order valence-electron chi connectivity index (χ0n) is 26.1. The van der Waals surface area contributed by atoms with Gasteiger partial charge in [-0.1, -0.05) is 72.6 Å². The Bertz CT molecular complexity index is 1190. The van der Waals surface area contributed by atoms with Crippen molar-refractivity contribution in [3.63, 3.8) is 0 Å². The molecule has 0 fully saturated rings. The first-order chi connectivity index (χ1) is 19.3. The number of hydrogen-bond acceptors (Lipinski definition) is 3. The van der Waals surface area contributed by atoms with E-state index < -0.39 is 0 Å². The molecule has 0 radical (unpaired) electrons. The Labute approximate surface area is 290 Å². The van der Waals surface area contributed by atoms with Gasteiger partial charge in [-0.2, -0.15) is 0 Å². The number of esters is 1. The van der Waals surface area contributed by atoms with Gasteiger partial charge < -0.3 is 9.47 Å². The second-order valence-corrected chi connectivity index (χ2v) is 16.6. The summed E-state index contributed by atoms with van der Waals surface area (Å²) in [6.45, 7) is 15.9. The third kappa shape index (κ3) is 10.5. The summed E-state index contributed by atoms with van der Waals surface area (Å²) in [7, 11) is 0. The summed E-state index contributed by atoms with van der Waals surface area (Å²) in [5, 5.41) is 0. The van der Waals surface area contributed by atoms with E-state index in [0.717, 1.165) is 70.2 Å². The van der Waals surface area contributed by atoms with Crippen LogP contribution in [0.4, 0.5) is 0 Å². The third-order valence-corrected chi connectivity index (χ3v) is 12.5. The van der Waals surface area contributed by atoms with Crippen LogP contribution in [0.3, 0.4) is 0 Å².